The van der Waals surface area contributed by atoms with Crippen molar-refractivity contribution in [1.82, 2.24) is 9.88 Å². The maximum absolute atomic E-state index is 11.6. The number of hydrogen-bond donors (Lipinski definition) is 2. The molecule has 0 aliphatic rings. The molecule has 0 aliphatic carbocycles. The van der Waals surface area contributed by atoms with Crippen molar-refractivity contribution in [3.63, 3.8) is 0 Å². The second-order valence-electron chi connectivity index (χ2n) is 3.75. The Labute approximate surface area is 93.7 Å². The molecular formula is C11H16N2O3. The molecule has 0 unspecified atom stereocenters. The van der Waals surface area contributed by atoms with Gasteiger partial charge in [-0.05, 0) is 19.4 Å². The molecular weight excluding hydrogens is 208 g/mol. The average molecular weight is 224 g/mol. The normalized spacial score (nSPS) is 10.2. The van der Waals surface area contributed by atoms with Crippen molar-refractivity contribution in [2.45, 2.75) is 27.3 Å². The number of rotatable bonds is 3. The number of nitrogens with zero attached hydrogens (tertiary/aromatic N) is 1. The first-order valence-corrected chi connectivity index (χ1v) is 5.08. The van der Waals surface area contributed by atoms with E-state index in [0.29, 0.717) is 12.1 Å². The molecule has 0 bridgehead atoms. The van der Waals surface area contributed by atoms with Gasteiger partial charge in [-0.1, -0.05) is 0 Å². The van der Waals surface area contributed by atoms with Crippen LogP contribution < -0.4 is 10.9 Å². The van der Waals surface area contributed by atoms with Crippen molar-refractivity contribution < 1.29 is 9.90 Å². The average Bonchev–Trinajstić information content (AvgIpc) is 2.19. The first-order valence-electron chi connectivity index (χ1n) is 5.08. The van der Waals surface area contributed by atoms with Gasteiger partial charge in [0.15, 0.2) is 5.88 Å². The second kappa shape index (κ2) is 4.83. The molecule has 0 radical (unpaired) electrons. The third kappa shape index (κ3) is 2.62. The first-order chi connectivity index (χ1) is 7.43. The standard InChI is InChI=1S/C11H16N2O3/c1-7-6-10(15)13(11(16)8(7)2)5-4-12-9(3)14/h6,16H,4-5H2,1-3H3,(H,12,14). The summed E-state index contributed by atoms with van der Waals surface area (Å²) in [7, 11) is 0. The lowest BCUT2D eigenvalue weighted by atomic mass is 10.2. The van der Waals surface area contributed by atoms with Gasteiger partial charge in [0.25, 0.3) is 5.56 Å². The van der Waals surface area contributed by atoms with E-state index in [4.69, 9.17) is 0 Å². The Balaban J connectivity index is 2.92. The van der Waals surface area contributed by atoms with E-state index in [1.54, 1.807) is 13.8 Å². The van der Waals surface area contributed by atoms with Gasteiger partial charge in [0.1, 0.15) is 0 Å². The second-order valence-corrected chi connectivity index (χ2v) is 3.75. The fourth-order valence-corrected chi connectivity index (χ4v) is 1.41. The van der Waals surface area contributed by atoms with E-state index < -0.39 is 0 Å². The monoisotopic (exact) mass is 224 g/mol. The Morgan fingerprint density at radius 1 is 1.50 bits per heavy atom. The molecule has 0 aliphatic heterocycles. The Morgan fingerprint density at radius 2 is 2.12 bits per heavy atom. The van der Waals surface area contributed by atoms with Gasteiger partial charge in [-0.15, -0.1) is 0 Å². The third-order valence-corrected chi connectivity index (χ3v) is 2.50. The van der Waals surface area contributed by atoms with Crippen molar-refractivity contribution in [1.29, 1.82) is 0 Å². The van der Waals surface area contributed by atoms with Gasteiger partial charge in [0.2, 0.25) is 5.91 Å². The largest absolute Gasteiger partial charge is 0.494 e. The highest BCUT2D eigenvalue weighted by atomic mass is 16.3. The molecule has 0 aromatic carbocycles. The van der Waals surface area contributed by atoms with Crippen LogP contribution in [0.4, 0.5) is 0 Å². The minimum Gasteiger partial charge on any atom is -0.494 e. The number of amides is 1. The minimum absolute atomic E-state index is 0.0321. The van der Waals surface area contributed by atoms with Crippen LogP contribution in [0.25, 0.3) is 0 Å². The summed E-state index contributed by atoms with van der Waals surface area (Å²) < 4.78 is 1.25. The van der Waals surface area contributed by atoms with E-state index in [0.717, 1.165) is 5.56 Å². The number of aryl methyl sites for hydroxylation is 1. The number of nitrogens with one attached hydrogen (secondary N) is 1. The van der Waals surface area contributed by atoms with Crippen LogP contribution in [-0.2, 0) is 11.3 Å². The summed E-state index contributed by atoms with van der Waals surface area (Å²) in [4.78, 5) is 22.2. The highest BCUT2D eigenvalue weighted by Gasteiger charge is 2.08. The molecule has 0 saturated heterocycles. The third-order valence-electron chi connectivity index (χ3n) is 2.50. The number of hydrogen-bond acceptors (Lipinski definition) is 3. The van der Waals surface area contributed by atoms with E-state index in [-0.39, 0.29) is 23.9 Å². The van der Waals surface area contributed by atoms with Gasteiger partial charge in [0.05, 0.1) is 0 Å². The van der Waals surface area contributed by atoms with E-state index in [1.165, 1.54) is 17.6 Å². The molecule has 5 nitrogen and oxygen atoms in total. The molecule has 2 N–H and O–H groups in total. The molecule has 0 saturated carbocycles. The molecule has 1 amide bonds. The van der Waals surface area contributed by atoms with E-state index in [1.807, 2.05) is 0 Å². The van der Waals surface area contributed by atoms with Crippen LogP contribution >= 0.6 is 0 Å². The van der Waals surface area contributed by atoms with Crippen LogP contribution in [0.15, 0.2) is 10.9 Å². The Kier molecular flexibility index (Phi) is 3.71. The number of aromatic hydroxyl groups is 1. The van der Waals surface area contributed by atoms with E-state index in [2.05, 4.69) is 5.32 Å². The summed E-state index contributed by atoms with van der Waals surface area (Å²) in [5.41, 5.74) is 1.19. The topological polar surface area (TPSA) is 71.3 Å². The lowest BCUT2D eigenvalue weighted by molar-refractivity contribution is -0.118. The van der Waals surface area contributed by atoms with Gasteiger partial charge >= 0.3 is 0 Å². The van der Waals surface area contributed by atoms with Crippen LogP contribution in [0, 0.1) is 13.8 Å². The van der Waals surface area contributed by atoms with Crippen molar-refractivity contribution in [2.24, 2.45) is 0 Å². The van der Waals surface area contributed by atoms with Crippen LogP contribution in [0.1, 0.15) is 18.1 Å². The lowest BCUT2D eigenvalue weighted by Gasteiger charge is -2.12. The maximum atomic E-state index is 11.6. The predicted molar refractivity (Wildman–Crippen MR) is 60.5 cm³/mol. The Morgan fingerprint density at radius 3 is 2.69 bits per heavy atom. The Hall–Kier alpha value is -1.78. The summed E-state index contributed by atoms with van der Waals surface area (Å²) >= 11 is 0. The maximum Gasteiger partial charge on any atom is 0.253 e. The molecule has 0 fully saturated rings. The molecule has 0 atom stereocenters. The molecule has 5 heteroatoms. The molecule has 1 heterocycles. The molecule has 88 valence electrons. The number of pyridine rings is 1. The highest BCUT2D eigenvalue weighted by Crippen LogP contribution is 2.16. The highest BCUT2D eigenvalue weighted by molar-refractivity contribution is 5.72. The summed E-state index contributed by atoms with van der Waals surface area (Å²) in [6.45, 7) is 5.52. The van der Waals surface area contributed by atoms with Crippen LogP contribution in [-0.4, -0.2) is 22.1 Å². The molecule has 16 heavy (non-hydrogen) atoms. The van der Waals surface area contributed by atoms with Gasteiger partial charge in [-0.3, -0.25) is 14.2 Å². The predicted octanol–water partition coefficient (Wildman–Crippen LogP) is 0.307. The number of carbonyl (C=O) groups excluding carboxylic acids is 1. The summed E-state index contributed by atoms with van der Waals surface area (Å²) in [6.07, 6.45) is 0. The summed E-state index contributed by atoms with van der Waals surface area (Å²) in [5, 5.41) is 12.3. The lowest BCUT2D eigenvalue weighted by Crippen LogP contribution is -2.29. The van der Waals surface area contributed by atoms with Crippen molar-refractivity contribution in [3.8, 4) is 5.88 Å². The minimum atomic E-state index is -0.258. The molecule has 0 spiro atoms. The summed E-state index contributed by atoms with van der Waals surface area (Å²) in [6, 6.07) is 1.48. The van der Waals surface area contributed by atoms with E-state index >= 15 is 0 Å². The van der Waals surface area contributed by atoms with E-state index in [9.17, 15) is 14.7 Å². The van der Waals surface area contributed by atoms with Crippen molar-refractivity contribution in [3.05, 3.63) is 27.5 Å². The fraction of sp³-hybridized carbons (Fsp3) is 0.455. The van der Waals surface area contributed by atoms with Crippen molar-refractivity contribution >= 4 is 5.91 Å². The van der Waals surface area contributed by atoms with Gasteiger partial charge < -0.3 is 10.4 Å². The van der Waals surface area contributed by atoms with Crippen LogP contribution in [0.2, 0.25) is 0 Å². The zero-order valence-corrected chi connectivity index (χ0v) is 9.70. The SMILES string of the molecule is CC(=O)NCCn1c(O)c(C)c(C)cc1=O. The van der Waals surface area contributed by atoms with Crippen LogP contribution in [0.5, 0.6) is 5.88 Å². The number of aromatic nitrogens is 1. The zero-order chi connectivity index (χ0) is 12.3. The smallest absolute Gasteiger partial charge is 0.253 e. The number of carbonyl (C=O) groups is 1. The quantitative estimate of drug-likeness (QED) is 0.776. The van der Waals surface area contributed by atoms with Gasteiger partial charge in [0, 0.05) is 31.6 Å². The fourth-order valence-electron chi connectivity index (χ4n) is 1.41. The Bertz CT molecular complexity index is 463. The van der Waals surface area contributed by atoms with Crippen LogP contribution in [0.3, 0.4) is 0 Å². The molecule has 1 aromatic rings. The zero-order valence-electron chi connectivity index (χ0n) is 9.70. The van der Waals surface area contributed by atoms with Crippen molar-refractivity contribution in [2.75, 3.05) is 6.54 Å². The first kappa shape index (κ1) is 12.3. The summed E-state index contributed by atoms with van der Waals surface area (Å²) in [5.74, 6) is -0.188. The van der Waals surface area contributed by atoms with Gasteiger partial charge in [-0.2, -0.15) is 0 Å². The molecule has 1 aromatic heterocycles. The van der Waals surface area contributed by atoms with Gasteiger partial charge in [-0.25, -0.2) is 0 Å². The molecule has 1 rings (SSSR count).